The Labute approximate surface area is 133 Å². The minimum absolute atomic E-state index is 0.162. The summed E-state index contributed by atoms with van der Waals surface area (Å²) in [6, 6.07) is 10.2. The van der Waals surface area contributed by atoms with Gasteiger partial charge in [0.15, 0.2) is 0 Å². The summed E-state index contributed by atoms with van der Waals surface area (Å²) in [7, 11) is 0. The van der Waals surface area contributed by atoms with E-state index in [-0.39, 0.29) is 6.04 Å². The summed E-state index contributed by atoms with van der Waals surface area (Å²) in [5, 5.41) is 4.77. The molecule has 4 heteroatoms. The van der Waals surface area contributed by atoms with Crippen molar-refractivity contribution in [3.05, 3.63) is 70.0 Å². The zero-order chi connectivity index (χ0) is 14.4. The van der Waals surface area contributed by atoms with Crippen LogP contribution in [0.3, 0.4) is 0 Å². The quantitative estimate of drug-likeness (QED) is 0.730. The molecule has 0 radical (unpaired) electrons. The number of rotatable bonds is 1. The van der Waals surface area contributed by atoms with Crippen molar-refractivity contribution < 1.29 is 0 Å². The van der Waals surface area contributed by atoms with Gasteiger partial charge in [-0.3, -0.25) is 4.98 Å². The molecule has 2 aromatic rings. The number of anilines is 1. The third kappa shape index (κ3) is 2.05. The Balaban J connectivity index is 1.85. The van der Waals surface area contributed by atoms with Crippen molar-refractivity contribution in [2.75, 3.05) is 5.32 Å². The Morgan fingerprint density at radius 1 is 1.14 bits per heavy atom. The second kappa shape index (κ2) is 5.04. The summed E-state index contributed by atoms with van der Waals surface area (Å²) in [4.78, 5) is 4.52. The van der Waals surface area contributed by atoms with Crippen molar-refractivity contribution in [1.82, 2.24) is 4.98 Å². The Morgan fingerprint density at radius 2 is 2.05 bits per heavy atom. The van der Waals surface area contributed by atoms with E-state index in [1.165, 1.54) is 5.56 Å². The zero-order valence-corrected chi connectivity index (χ0v) is 12.8. The first-order valence-corrected chi connectivity index (χ1v) is 7.83. The first-order valence-electron chi connectivity index (χ1n) is 7.07. The summed E-state index contributed by atoms with van der Waals surface area (Å²) in [5.41, 5.74) is 3.24. The summed E-state index contributed by atoms with van der Waals surface area (Å²) in [6.45, 7) is 0. The van der Waals surface area contributed by atoms with Crippen molar-refractivity contribution in [3.63, 3.8) is 0 Å². The molecule has 1 aliphatic heterocycles. The van der Waals surface area contributed by atoms with Gasteiger partial charge in [0.2, 0.25) is 0 Å². The monoisotopic (exact) mass is 316 g/mol. The van der Waals surface area contributed by atoms with Gasteiger partial charge in [-0.2, -0.15) is 0 Å². The fourth-order valence-corrected chi connectivity index (χ4v) is 3.84. The molecule has 21 heavy (non-hydrogen) atoms. The average molecular weight is 317 g/mol. The number of hydrogen-bond donors (Lipinski definition) is 1. The van der Waals surface area contributed by atoms with E-state index in [0.29, 0.717) is 21.9 Å². The molecule has 0 saturated carbocycles. The fraction of sp³-hybridized carbons (Fsp3) is 0.235. The van der Waals surface area contributed by atoms with E-state index in [9.17, 15) is 0 Å². The molecular formula is C17H14Cl2N2. The molecule has 0 amide bonds. The highest BCUT2D eigenvalue weighted by Gasteiger charge is 2.39. The molecule has 3 atom stereocenters. The number of pyridine rings is 1. The third-order valence-corrected chi connectivity index (χ3v) is 5.24. The van der Waals surface area contributed by atoms with Gasteiger partial charge >= 0.3 is 0 Å². The van der Waals surface area contributed by atoms with Gasteiger partial charge in [0, 0.05) is 12.1 Å². The van der Waals surface area contributed by atoms with Crippen LogP contribution in [0.4, 0.5) is 5.69 Å². The molecule has 4 rings (SSSR count). The van der Waals surface area contributed by atoms with Gasteiger partial charge in [-0.1, -0.05) is 47.5 Å². The molecule has 106 valence electrons. The molecule has 1 N–H and O–H groups in total. The van der Waals surface area contributed by atoms with Gasteiger partial charge in [0.1, 0.15) is 0 Å². The van der Waals surface area contributed by atoms with Crippen LogP contribution in [0.25, 0.3) is 0 Å². The lowest BCUT2D eigenvalue weighted by Gasteiger charge is -2.37. The van der Waals surface area contributed by atoms with Gasteiger partial charge in [-0.05, 0) is 36.1 Å². The van der Waals surface area contributed by atoms with E-state index in [1.807, 2.05) is 24.4 Å². The number of fused-ring (bicyclic) bond motifs is 3. The van der Waals surface area contributed by atoms with Crippen molar-refractivity contribution >= 4 is 28.9 Å². The molecule has 2 aliphatic rings. The number of aromatic nitrogens is 1. The number of hydrogen-bond acceptors (Lipinski definition) is 2. The average Bonchev–Trinajstić information content (AvgIpc) is 3.00. The molecular weight excluding hydrogens is 303 g/mol. The van der Waals surface area contributed by atoms with Crippen molar-refractivity contribution in [2.24, 2.45) is 5.92 Å². The SMILES string of the molecule is Clc1ccc2c(c1Cl)N[C@H](c1ccccn1)[C@H]1CC=C[C@@H]21. The minimum Gasteiger partial charge on any atom is -0.375 e. The molecule has 1 aromatic carbocycles. The molecule has 0 unspecified atom stereocenters. The standard InChI is InChI=1S/C17H14Cl2N2/c18-13-8-7-12-10-4-3-5-11(10)16(21-17(12)15(13)19)14-6-1-2-9-20-14/h1-4,6-11,16,21H,5H2/t10-,11+,16+/m1/s1. The van der Waals surface area contributed by atoms with Crippen molar-refractivity contribution in [1.29, 1.82) is 0 Å². The van der Waals surface area contributed by atoms with E-state index in [0.717, 1.165) is 17.8 Å². The number of benzene rings is 1. The number of nitrogens with zero attached hydrogens (tertiary/aromatic N) is 1. The Hall–Kier alpha value is -1.51. The second-order valence-electron chi connectivity index (χ2n) is 5.56. The number of halogens is 2. The van der Waals surface area contributed by atoms with Crippen LogP contribution in [0, 0.1) is 5.92 Å². The van der Waals surface area contributed by atoms with Crippen LogP contribution in [-0.4, -0.2) is 4.98 Å². The molecule has 1 aliphatic carbocycles. The van der Waals surface area contributed by atoms with Crippen LogP contribution in [0.2, 0.25) is 10.0 Å². The Morgan fingerprint density at radius 3 is 2.86 bits per heavy atom. The fourth-order valence-electron chi connectivity index (χ4n) is 3.46. The van der Waals surface area contributed by atoms with E-state index in [2.05, 4.69) is 34.6 Å². The second-order valence-corrected chi connectivity index (χ2v) is 6.34. The van der Waals surface area contributed by atoms with Crippen LogP contribution in [0.5, 0.6) is 0 Å². The largest absolute Gasteiger partial charge is 0.375 e. The van der Waals surface area contributed by atoms with Crippen molar-refractivity contribution in [2.45, 2.75) is 18.4 Å². The summed E-state index contributed by atoms with van der Waals surface area (Å²) >= 11 is 12.6. The lowest BCUT2D eigenvalue weighted by Crippen LogP contribution is -2.29. The highest BCUT2D eigenvalue weighted by Crippen LogP contribution is 2.52. The van der Waals surface area contributed by atoms with Gasteiger partial charge in [-0.25, -0.2) is 0 Å². The molecule has 0 fully saturated rings. The van der Waals surface area contributed by atoms with Crippen LogP contribution in [-0.2, 0) is 0 Å². The van der Waals surface area contributed by atoms with Gasteiger partial charge in [0.05, 0.1) is 27.5 Å². The smallest absolute Gasteiger partial charge is 0.0826 e. The van der Waals surface area contributed by atoms with E-state index in [1.54, 1.807) is 0 Å². The Bertz CT molecular complexity index is 712. The van der Waals surface area contributed by atoms with E-state index >= 15 is 0 Å². The molecule has 0 bridgehead atoms. The van der Waals surface area contributed by atoms with E-state index < -0.39 is 0 Å². The first kappa shape index (κ1) is 13.2. The maximum absolute atomic E-state index is 6.42. The molecule has 0 spiro atoms. The van der Waals surface area contributed by atoms with Crippen LogP contribution < -0.4 is 5.32 Å². The number of nitrogens with one attached hydrogen (secondary N) is 1. The molecule has 0 saturated heterocycles. The minimum atomic E-state index is 0.162. The van der Waals surface area contributed by atoms with Crippen LogP contribution in [0.1, 0.15) is 29.6 Å². The summed E-state index contributed by atoms with van der Waals surface area (Å²) in [5.74, 6) is 0.854. The highest BCUT2D eigenvalue weighted by molar-refractivity contribution is 6.43. The topological polar surface area (TPSA) is 24.9 Å². The maximum atomic E-state index is 6.42. The van der Waals surface area contributed by atoms with Gasteiger partial charge in [-0.15, -0.1) is 0 Å². The lowest BCUT2D eigenvalue weighted by atomic mass is 9.78. The normalized spacial score (nSPS) is 26.1. The summed E-state index contributed by atoms with van der Waals surface area (Å²) < 4.78 is 0. The lowest BCUT2D eigenvalue weighted by molar-refractivity contribution is 0.419. The zero-order valence-electron chi connectivity index (χ0n) is 11.3. The van der Waals surface area contributed by atoms with E-state index in [4.69, 9.17) is 23.2 Å². The number of allylic oxidation sites excluding steroid dienone is 2. The van der Waals surface area contributed by atoms with Gasteiger partial charge in [0.25, 0.3) is 0 Å². The van der Waals surface area contributed by atoms with Gasteiger partial charge < -0.3 is 5.32 Å². The predicted octanol–water partition coefficient (Wildman–Crippen LogP) is 5.21. The Kier molecular flexibility index (Phi) is 3.16. The van der Waals surface area contributed by atoms with Crippen molar-refractivity contribution in [3.8, 4) is 0 Å². The first-order chi connectivity index (χ1) is 10.3. The predicted molar refractivity (Wildman–Crippen MR) is 87.1 cm³/mol. The van der Waals surface area contributed by atoms with Crippen LogP contribution in [0.15, 0.2) is 48.7 Å². The third-order valence-electron chi connectivity index (χ3n) is 4.43. The molecule has 2 nitrogen and oxygen atoms in total. The summed E-state index contributed by atoms with van der Waals surface area (Å²) in [6.07, 6.45) is 7.43. The maximum Gasteiger partial charge on any atom is 0.0826 e. The molecule has 1 aromatic heterocycles. The highest BCUT2D eigenvalue weighted by atomic mass is 35.5. The van der Waals surface area contributed by atoms with Crippen LogP contribution >= 0.6 is 23.2 Å². The molecule has 2 heterocycles.